The highest BCUT2D eigenvalue weighted by atomic mass is 32.1. The molecule has 0 heterocycles. The molecule has 0 saturated carbocycles. The van der Waals surface area contributed by atoms with Crippen LogP contribution < -0.4 is 21.2 Å². The Kier molecular flexibility index (Phi) is 7.79. The van der Waals surface area contributed by atoms with Crippen LogP contribution in [0.1, 0.15) is 15.9 Å². The van der Waals surface area contributed by atoms with Crippen molar-refractivity contribution in [1.29, 1.82) is 0 Å². The summed E-state index contributed by atoms with van der Waals surface area (Å²) in [4.78, 5) is 15.2. The third kappa shape index (κ3) is 5.04. The summed E-state index contributed by atoms with van der Waals surface area (Å²) < 4.78 is 0. The second-order valence-corrected chi connectivity index (χ2v) is 12.8. The van der Waals surface area contributed by atoms with Gasteiger partial charge in [0.15, 0.2) is 5.78 Å². The molecule has 0 saturated heterocycles. The summed E-state index contributed by atoms with van der Waals surface area (Å²) in [6, 6.07) is 48.6. The van der Waals surface area contributed by atoms with Crippen LogP contribution in [0, 0.1) is 6.92 Å². The maximum absolute atomic E-state index is 14.7. The highest BCUT2D eigenvalue weighted by Gasteiger charge is 2.35. The summed E-state index contributed by atoms with van der Waals surface area (Å²) in [5, 5.41) is 7.26. The minimum atomic E-state index is -2.73. The second kappa shape index (κ2) is 11.6. The lowest BCUT2D eigenvalue weighted by Crippen LogP contribution is -2.39. The molecule has 186 valence electrons. The lowest BCUT2D eigenvalue weighted by Gasteiger charge is -2.33. The molecule has 0 spiro atoms. The molecule has 0 amide bonds. The van der Waals surface area contributed by atoms with E-state index in [4.69, 9.17) is 12.2 Å². The van der Waals surface area contributed by atoms with E-state index in [9.17, 15) is 4.79 Å². The normalized spacial score (nSPS) is 11.0. The van der Waals surface area contributed by atoms with E-state index in [0.29, 0.717) is 15.8 Å². The Morgan fingerprint density at radius 1 is 0.579 bits per heavy atom. The van der Waals surface area contributed by atoms with Gasteiger partial charge in [0.05, 0.1) is 5.29 Å². The number of ketones is 1. The summed E-state index contributed by atoms with van der Waals surface area (Å²) in [6.45, 7) is -0.703. The molecule has 0 unspecified atom stereocenters. The van der Waals surface area contributed by atoms with Crippen LogP contribution in [0.4, 0.5) is 5.69 Å². The van der Waals surface area contributed by atoms with Gasteiger partial charge in [-0.2, -0.15) is 0 Å². The number of anilines is 1. The lowest BCUT2D eigenvalue weighted by atomic mass is 10.1. The molecule has 2 nitrogen and oxygen atoms in total. The van der Waals surface area contributed by atoms with Crippen molar-refractivity contribution < 1.29 is 4.79 Å². The molecule has 0 radical (unpaired) electrons. The van der Waals surface area contributed by atoms with E-state index in [2.05, 4.69) is 41.7 Å². The molecule has 0 bridgehead atoms. The molecule has 0 fully saturated rings. The Balaban J connectivity index is 1.95. The largest absolute Gasteiger partial charge is 0.346 e. The zero-order chi connectivity index (χ0) is 26.4. The SMILES string of the molecule is Cc1ccc(C(=O)C(C(=S)Nc2ccccc2)=P(c2ccccc2)(c2ccccc2)c2ccccc2)cc1. The van der Waals surface area contributed by atoms with Crippen LogP contribution in [0.25, 0.3) is 0 Å². The smallest absolute Gasteiger partial charge is 0.197 e. The number of para-hydroxylation sites is 1. The van der Waals surface area contributed by atoms with Crippen LogP contribution in [0.3, 0.4) is 0 Å². The summed E-state index contributed by atoms with van der Waals surface area (Å²) >= 11 is 6.17. The molecule has 0 aliphatic heterocycles. The monoisotopic (exact) mass is 529 g/mol. The Labute approximate surface area is 230 Å². The van der Waals surface area contributed by atoms with Gasteiger partial charge in [-0.25, -0.2) is 0 Å². The molecule has 1 N–H and O–H groups in total. The fourth-order valence-electron chi connectivity index (χ4n) is 4.75. The van der Waals surface area contributed by atoms with Crippen molar-refractivity contribution in [2.75, 3.05) is 5.32 Å². The molecule has 4 heteroatoms. The van der Waals surface area contributed by atoms with Gasteiger partial charge in [0, 0.05) is 11.3 Å². The Morgan fingerprint density at radius 2 is 0.974 bits per heavy atom. The third-order valence-corrected chi connectivity index (χ3v) is 11.3. The Morgan fingerprint density at radius 3 is 1.39 bits per heavy atom. The van der Waals surface area contributed by atoms with Crippen molar-refractivity contribution in [1.82, 2.24) is 0 Å². The van der Waals surface area contributed by atoms with Crippen LogP contribution in [0.2, 0.25) is 0 Å². The van der Waals surface area contributed by atoms with Crippen molar-refractivity contribution in [2.24, 2.45) is 0 Å². The van der Waals surface area contributed by atoms with E-state index in [1.807, 2.05) is 116 Å². The molecule has 0 atom stereocenters. The van der Waals surface area contributed by atoms with E-state index < -0.39 is 6.89 Å². The van der Waals surface area contributed by atoms with Gasteiger partial charge >= 0.3 is 0 Å². The number of carbonyl (C=O) groups excluding carboxylic acids is 1. The maximum atomic E-state index is 14.7. The number of rotatable bonds is 7. The van der Waals surface area contributed by atoms with E-state index >= 15 is 0 Å². The molecule has 5 rings (SSSR count). The molecule has 0 aliphatic carbocycles. The lowest BCUT2D eigenvalue weighted by molar-refractivity contribution is 0.107. The number of thiocarbonyl (C=S) groups is 1. The van der Waals surface area contributed by atoms with E-state index in [-0.39, 0.29) is 5.78 Å². The van der Waals surface area contributed by atoms with Crippen LogP contribution in [0.15, 0.2) is 146 Å². The first-order valence-electron chi connectivity index (χ1n) is 12.5. The zero-order valence-corrected chi connectivity index (χ0v) is 22.8. The predicted octanol–water partition coefficient (Wildman–Crippen LogP) is 6.78. The predicted molar refractivity (Wildman–Crippen MR) is 168 cm³/mol. The number of benzene rings is 5. The summed E-state index contributed by atoms with van der Waals surface area (Å²) in [5.74, 6) is -0.0664. The van der Waals surface area contributed by atoms with Gasteiger partial charge in [-0.3, -0.25) is 4.79 Å². The molecule has 0 aromatic heterocycles. The van der Waals surface area contributed by atoms with Gasteiger partial charge in [-0.05, 0) is 41.9 Å². The van der Waals surface area contributed by atoms with Crippen molar-refractivity contribution >= 4 is 56.8 Å². The van der Waals surface area contributed by atoms with Crippen LogP contribution in [0.5, 0.6) is 0 Å². The molecular weight excluding hydrogens is 501 g/mol. The average molecular weight is 530 g/mol. The quantitative estimate of drug-likeness (QED) is 0.143. The number of hydrogen-bond donors (Lipinski definition) is 1. The minimum Gasteiger partial charge on any atom is -0.346 e. The minimum absolute atomic E-state index is 0.0664. The highest BCUT2D eigenvalue weighted by Crippen LogP contribution is 2.47. The first-order chi connectivity index (χ1) is 18.6. The Bertz CT molecular complexity index is 1490. The van der Waals surface area contributed by atoms with Gasteiger partial charge in [0.2, 0.25) is 0 Å². The van der Waals surface area contributed by atoms with E-state index in [0.717, 1.165) is 27.2 Å². The number of aryl methyl sites for hydroxylation is 1. The van der Waals surface area contributed by atoms with Crippen LogP contribution in [-0.4, -0.2) is 16.1 Å². The fourth-order valence-corrected chi connectivity index (χ4v) is 9.69. The number of carbonyl (C=O) groups is 1. The van der Waals surface area contributed by atoms with Crippen LogP contribution >= 0.6 is 19.1 Å². The van der Waals surface area contributed by atoms with Gasteiger partial charge in [-0.15, -0.1) is 0 Å². The topological polar surface area (TPSA) is 29.1 Å². The second-order valence-electron chi connectivity index (χ2n) is 9.04. The molecule has 5 aromatic rings. The van der Waals surface area contributed by atoms with E-state index in [1.54, 1.807) is 0 Å². The fraction of sp³-hybridized carbons (Fsp3) is 0.0294. The standard InChI is InChI=1S/C34H28NOPS/c1-26-22-24-27(25-23-26)32(36)33(34(38)35-28-14-6-2-7-15-28)37(29-16-8-3-9-17-29,30-18-10-4-11-19-30)31-20-12-5-13-21-31/h2-25H,1H3,(H,35,38). The summed E-state index contributed by atoms with van der Waals surface area (Å²) in [5.41, 5.74) is 2.57. The zero-order valence-electron chi connectivity index (χ0n) is 21.1. The van der Waals surface area contributed by atoms with Gasteiger partial charge < -0.3 is 5.32 Å². The molecule has 0 aliphatic rings. The maximum Gasteiger partial charge on any atom is 0.197 e. The number of nitrogens with one attached hydrogen (secondary N) is 1. The first kappa shape index (κ1) is 25.6. The van der Waals surface area contributed by atoms with Crippen molar-refractivity contribution in [3.05, 3.63) is 157 Å². The van der Waals surface area contributed by atoms with Crippen LogP contribution in [-0.2, 0) is 0 Å². The summed E-state index contributed by atoms with van der Waals surface area (Å²) in [7, 11) is 0. The highest BCUT2D eigenvalue weighted by molar-refractivity contribution is 8.00. The molecule has 38 heavy (non-hydrogen) atoms. The van der Waals surface area contributed by atoms with Gasteiger partial charge in [0.1, 0.15) is 4.99 Å². The molecule has 5 aromatic carbocycles. The van der Waals surface area contributed by atoms with Crippen molar-refractivity contribution in [2.45, 2.75) is 6.92 Å². The van der Waals surface area contributed by atoms with Crippen molar-refractivity contribution in [3.63, 3.8) is 0 Å². The van der Waals surface area contributed by atoms with E-state index in [1.165, 1.54) is 0 Å². The Hall–Kier alpha value is -4.04. The van der Waals surface area contributed by atoms with Gasteiger partial charge in [-0.1, -0.05) is 151 Å². The summed E-state index contributed by atoms with van der Waals surface area (Å²) in [6.07, 6.45) is 0. The van der Waals surface area contributed by atoms with Crippen molar-refractivity contribution in [3.8, 4) is 0 Å². The average Bonchev–Trinajstić information content (AvgIpc) is 2.98. The third-order valence-electron chi connectivity index (χ3n) is 6.54. The molecular formula is C34H28NOPS. The number of hydrogen-bond acceptors (Lipinski definition) is 2. The van der Waals surface area contributed by atoms with Gasteiger partial charge in [0.25, 0.3) is 0 Å². The number of Topliss-reactive ketones (excluding diaryl/α,β-unsaturated/α-hetero) is 1. The first-order valence-corrected chi connectivity index (χ1v) is 14.7.